The predicted octanol–water partition coefficient (Wildman–Crippen LogP) is 17.6. The number of aromatic nitrogens is 2. The third kappa shape index (κ3) is 22.6. The second kappa shape index (κ2) is 35.2. The summed E-state index contributed by atoms with van der Waals surface area (Å²) in [5, 5.41) is 16.3. The monoisotopic (exact) mass is 1330 g/mol. The van der Waals surface area contributed by atoms with Crippen LogP contribution in [0.3, 0.4) is 0 Å². The zero-order valence-corrected chi connectivity index (χ0v) is 56.2. The summed E-state index contributed by atoms with van der Waals surface area (Å²) in [5.74, 6) is -3.30. The molecule has 21 heteroatoms. The lowest BCUT2D eigenvalue weighted by Crippen LogP contribution is -2.50. The molecule has 1 aromatic heterocycles. The van der Waals surface area contributed by atoms with E-state index in [4.69, 9.17) is 11.6 Å². The van der Waals surface area contributed by atoms with Gasteiger partial charge < -0.3 is 35.6 Å². The number of nitrogens with zero attached hydrogens (tertiary/aromatic N) is 7. The Balaban J connectivity index is 0.000000183. The predicted molar refractivity (Wildman–Crippen MR) is 368 cm³/mol. The third-order valence-electron chi connectivity index (χ3n) is 17.9. The molecule has 0 radical (unpaired) electrons. The molecule has 2 unspecified atom stereocenters. The van der Waals surface area contributed by atoms with Crippen molar-refractivity contribution in [3.05, 3.63) is 208 Å². The highest BCUT2D eigenvalue weighted by Crippen LogP contribution is 2.33. The molecule has 4 heterocycles. The Bertz CT molecular complexity index is 3500. The Hall–Kier alpha value is -7.91. The van der Waals surface area contributed by atoms with Gasteiger partial charge in [-0.15, -0.1) is 5.10 Å². The van der Waals surface area contributed by atoms with Crippen molar-refractivity contribution in [1.29, 1.82) is 0 Å². The second-order valence-corrected chi connectivity index (χ2v) is 25.8. The van der Waals surface area contributed by atoms with Crippen LogP contribution in [0.4, 0.5) is 57.9 Å². The summed E-state index contributed by atoms with van der Waals surface area (Å²) in [6, 6.07) is 45.4. The van der Waals surface area contributed by atoms with E-state index >= 15 is 0 Å². The molecule has 0 saturated carbocycles. The van der Waals surface area contributed by atoms with Crippen molar-refractivity contribution in [2.75, 3.05) is 55.2 Å². The number of benzene rings is 6. The third-order valence-corrected chi connectivity index (χ3v) is 18.2. The largest absolute Gasteiger partial charge is 0.416 e. The van der Waals surface area contributed by atoms with Crippen LogP contribution in [0.15, 0.2) is 164 Å². The van der Waals surface area contributed by atoms with Gasteiger partial charge in [-0.25, -0.2) is 32.2 Å². The van der Waals surface area contributed by atoms with Gasteiger partial charge >= 0.3 is 24.3 Å². The molecule has 14 nitrogen and oxygen atoms in total. The van der Waals surface area contributed by atoms with Crippen LogP contribution in [0.25, 0.3) is 5.69 Å². The Kier molecular flexibility index (Phi) is 27.0. The molecule has 4 N–H and O–H groups in total. The topological polar surface area (TPSA) is 133 Å². The Morgan fingerprint density at radius 2 is 1.14 bits per heavy atom. The van der Waals surface area contributed by atoms with E-state index < -0.39 is 35.2 Å². The average molecular weight is 1330 g/mol. The van der Waals surface area contributed by atoms with Crippen molar-refractivity contribution in [2.45, 2.75) is 168 Å². The Morgan fingerprint density at radius 3 is 1.66 bits per heavy atom. The number of anilines is 3. The molecule has 0 aliphatic carbocycles. The molecule has 3 saturated heterocycles. The lowest BCUT2D eigenvalue weighted by molar-refractivity contribution is -0.137. The fourth-order valence-electron chi connectivity index (χ4n) is 12.6. The van der Waals surface area contributed by atoms with Gasteiger partial charge in [0.25, 0.3) is 5.92 Å². The zero-order chi connectivity index (χ0) is 68.1. The molecule has 7 aromatic rings. The quantitative estimate of drug-likeness (QED) is 0.0559. The van der Waals surface area contributed by atoms with Crippen molar-refractivity contribution >= 4 is 46.9 Å². The summed E-state index contributed by atoms with van der Waals surface area (Å²) in [7, 11) is 0. The molecule has 95 heavy (non-hydrogen) atoms. The van der Waals surface area contributed by atoms with E-state index in [0.717, 1.165) is 127 Å². The van der Waals surface area contributed by atoms with E-state index in [1.807, 2.05) is 90.0 Å². The van der Waals surface area contributed by atoms with Gasteiger partial charge in [0.05, 0.1) is 16.9 Å². The fourth-order valence-corrected chi connectivity index (χ4v) is 12.7. The number of aryl methyl sites for hydroxylation is 1. The normalized spacial score (nSPS) is 16.1. The van der Waals surface area contributed by atoms with Crippen molar-refractivity contribution < 1.29 is 40.7 Å². The maximum absolute atomic E-state index is 14.3. The van der Waals surface area contributed by atoms with E-state index in [1.54, 1.807) is 15.6 Å². The van der Waals surface area contributed by atoms with Crippen LogP contribution in [-0.4, -0.2) is 122 Å². The Labute approximate surface area is 561 Å². The van der Waals surface area contributed by atoms with Gasteiger partial charge in [0, 0.05) is 125 Å². The fraction of sp³-hybridized carbons (Fsp3) is 0.432. The summed E-state index contributed by atoms with van der Waals surface area (Å²) >= 11 is 5.99. The Morgan fingerprint density at radius 1 is 0.600 bits per heavy atom. The van der Waals surface area contributed by atoms with Gasteiger partial charge in [-0.3, -0.25) is 10.2 Å². The van der Waals surface area contributed by atoms with Gasteiger partial charge in [0.15, 0.2) is 5.82 Å². The first kappa shape index (κ1) is 72.9. The minimum Gasteiger partial charge on any atom is -0.335 e. The molecule has 0 spiro atoms. The summed E-state index contributed by atoms with van der Waals surface area (Å²) in [6.07, 6.45) is 7.03. The molecule has 510 valence electrons. The number of hydrogen-bond acceptors (Lipinski definition) is 7. The van der Waals surface area contributed by atoms with Crippen LogP contribution in [0, 0.1) is 12.7 Å². The summed E-state index contributed by atoms with van der Waals surface area (Å²) in [4.78, 5) is 49.9. The van der Waals surface area contributed by atoms with Crippen LogP contribution in [-0.2, 0) is 31.7 Å². The molecular formula is C74H92ClF6N11O3. The van der Waals surface area contributed by atoms with Crippen LogP contribution < -0.4 is 21.3 Å². The van der Waals surface area contributed by atoms with E-state index in [0.29, 0.717) is 53.8 Å². The zero-order valence-electron chi connectivity index (χ0n) is 55.4. The summed E-state index contributed by atoms with van der Waals surface area (Å²) in [5.41, 5.74) is 4.26. The molecular weight excluding hydrogens is 1240 g/mol. The van der Waals surface area contributed by atoms with Crippen molar-refractivity contribution in [3.63, 3.8) is 0 Å². The van der Waals surface area contributed by atoms with Crippen molar-refractivity contribution in [2.24, 2.45) is 0 Å². The highest BCUT2D eigenvalue weighted by Gasteiger charge is 2.35. The molecule has 10 rings (SSSR count). The minimum absolute atomic E-state index is 0.0876. The van der Waals surface area contributed by atoms with Crippen LogP contribution in [0.5, 0.6) is 0 Å². The number of likely N-dealkylation sites (tertiary alicyclic amines) is 3. The summed E-state index contributed by atoms with van der Waals surface area (Å²) < 4.78 is 82.1. The number of urea groups is 3. The number of hydrogen-bond donors (Lipinski definition) is 4. The van der Waals surface area contributed by atoms with Gasteiger partial charge in [0.2, 0.25) is 0 Å². The van der Waals surface area contributed by atoms with E-state index in [-0.39, 0.29) is 35.8 Å². The van der Waals surface area contributed by atoms with Gasteiger partial charge in [-0.2, -0.15) is 13.2 Å². The second-order valence-electron chi connectivity index (χ2n) is 25.3. The lowest BCUT2D eigenvalue weighted by atomic mass is 10.00. The molecule has 2 atom stereocenters. The van der Waals surface area contributed by atoms with Crippen molar-refractivity contribution in [3.8, 4) is 5.69 Å². The van der Waals surface area contributed by atoms with E-state index in [2.05, 4.69) is 112 Å². The number of amides is 6. The first-order chi connectivity index (χ1) is 45.5. The average Bonchev–Trinajstić information content (AvgIpc) is 1.50. The molecule has 3 aliphatic heterocycles. The van der Waals surface area contributed by atoms with Gasteiger partial charge in [-0.05, 0) is 143 Å². The molecule has 6 amide bonds. The molecule has 6 aromatic carbocycles. The van der Waals surface area contributed by atoms with Gasteiger partial charge in [-0.1, -0.05) is 141 Å². The van der Waals surface area contributed by atoms with Crippen LogP contribution in [0.2, 0.25) is 5.02 Å². The lowest BCUT2D eigenvalue weighted by Gasteiger charge is -2.40. The standard InChI is InChI=1S/C27H34ClN5O.C25H31F4N3O.C22H27F2N3O/c1-3-7-21(2)31-17-14-24(15-18-31)32(20-22-8-5-4-6-9-22)27(34)29-26-16-19-33(30-26)25-12-10-23(28)11-13-25;1-3-7-18(2)31-14-12-21(13-15-31)32(17-19-8-5-4-6-9-19)24(33)30-23-16-20(25(27,28)29)10-11-22(23)26;1-16-5-3-6-17(13-16)15-27-11-9-19(10-12-27)25-21(28)26-20-8-4-7-18(14-20)22(2,23)24/h4-6,8-13,16,19,21,24H,3,7,14-15,17-18,20H2,1-2H3,(H,29,30,34);4-6,8-11,16,18,21H,3,7,12-15,17H2,1-2H3,(H,30,33);3-8,13-14,19H,9-12,15H2,1-2H3,(H2,25,26,28). The van der Waals surface area contributed by atoms with Crippen molar-refractivity contribution in [1.82, 2.24) is 39.6 Å². The number of rotatable bonds is 20. The first-order valence-electron chi connectivity index (χ1n) is 33.2. The van der Waals surface area contributed by atoms with Crippen LogP contribution in [0.1, 0.15) is 132 Å². The van der Waals surface area contributed by atoms with Crippen LogP contribution >= 0.6 is 11.6 Å². The van der Waals surface area contributed by atoms with Gasteiger partial charge in [0.1, 0.15) is 5.82 Å². The SMILES string of the molecule is CCCC(C)N1CCC(N(Cc2ccccc2)C(=O)Nc2cc(C(F)(F)F)ccc2F)CC1.CCCC(C)N1CCC(N(Cc2ccccc2)C(=O)Nc2ccn(-c3ccc(Cl)cc3)n2)CC1.Cc1cccc(CN2CCC(NC(=O)Nc3cccc(C(C)(F)F)c3)CC2)c1. The smallest absolute Gasteiger partial charge is 0.335 e. The number of halogens is 7. The maximum atomic E-state index is 14.3. The number of alkyl halides is 5. The highest BCUT2D eigenvalue weighted by molar-refractivity contribution is 6.30. The maximum Gasteiger partial charge on any atom is 0.416 e. The number of piperidine rings is 3. The first-order valence-corrected chi connectivity index (χ1v) is 33.6. The highest BCUT2D eigenvalue weighted by atomic mass is 35.5. The number of carbonyl (C=O) groups is 3. The number of carbonyl (C=O) groups excluding carboxylic acids is 3. The molecule has 3 aliphatic rings. The molecule has 3 fully saturated rings. The molecule has 0 bridgehead atoms. The van der Waals surface area contributed by atoms with E-state index in [1.165, 1.54) is 42.2 Å². The summed E-state index contributed by atoms with van der Waals surface area (Å²) in [6.45, 7) is 19.2. The minimum atomic E-state index is -4.63. The van der Waals surface area contributed by atoms with E-state index in [9.17, 15) is 40.7 Å². The number of nitrogens with one attached hydrogen (secondary N) is 4.